The minimum atomic E-state index is 0.00880. The van der Waals surface area contributed by atoms with E-state index in [0.29, 0.717) is 5.92 Å². The average Bonchev–Trinajstić information content (AvgIpc) is 2.63. The number of fused-ring (bicyclic) bond motifs is 1. The zero-order valence-electron chi connectivity index (χ0n) is 8.49. The summed E-state index contributed by atoms with van der Waals surface area (Å²) in [6.07, 6.45) is 3.72. The summed E-state index contributed by atoms with van der Waals surface area (Å²) < 4.78 is 0. The first-order valence-electron chi connectivity index (χ1n) is 4.87. The fourth-order valence-electron chi connectivity index (χ4n) is 1.59. The van der Waals surface area contributed by atoms with E-state index in [1.807, 2.05) is 18.3 Å². The third kappa shape index (κ3) is 1.40. The summed E-state index contributed by atoms with van der Waals surface area (Å²) in [7, 11) is 0. The van der Waals surface area contributed by atoms with Crippen LogP contribution in [0.3, 0.4) is 0 Å². The Balaban J connectivity index is 2.56. The van der Waals surface area contributed by atoms with Crippen molar-refractivity contribution >= 4 is 10.9 Å². The van der Waals surface area contributed by atoms with Crippen LogP contribution in [0.4, 0.5) is 0 Å². The van der Waals surface area contributed by atoms with Gasteiger partial charge in [-0.25, -0.2) is 0 Å². The molecule has 2 heterocycles. The zero-order valence-corrected chi connectivity index (χ0v) is 8.49. The van der Waals surface area contributed by atoms with Crippen LogP contribution in [0.2, 0.25) is 0 Å². The van der Waals surface area contributed by atoms with Gasteiger partial charge in [0.1, 0.15) is 0 Å². The van der Waals surface area contributed by atoms with Crippen molar-refractivity contribution < 1.29 is 0 Å². The zero-order chi connectivity index (χ0) is 10.1. The number of H-pyrrole nitrogens is 1. The molecule has 0 aliphatic carbocycles. The fourth-order valence-corrected chi connectivity index (χ4v) is 1.59. The molecule has 74 valence electrons. The van der Waals surface area contributed by atoms with Crippen LogP contribution in [0.15, 0.2) is 24.5 Å². The molecule has 2 aromatic rings. The van der Waals surface area contributed by atoms with Crippen molar-refractivity contribution in [3.63, 3.8) is 0 Å². The van der Waals surface area contributed by atoms with Gasteiger partial charge in [-0.1, -0.05) is 13.8 Å². The minimum Gasteiger partial charge on any atom is -0.361 e. The fraction of sp³-hybridized carbons (Fsp3) is 0.364. The number of hydrogen-bond acceptors (Lipinski definition) is 2. The van der Waals surface area contributed by atoms with Gasteiger partial charge in [0, 0.05) is 29.3 Å². The van der Waals surface area contributed by atoms with Crippen LogP contribution in [-0.4, -0.2) is 9.97 Å². The maximum atomic E-state index is 6.09. The van der Waals surface area contributed by atoms with Crippen LogP contribution in [0.25, 0.3) is 10.9 Å². The van der Waals surface area contributed by atoms with E-state index in [0.717, 1.165) is 16.6 Å². The highest BCUT2D eigenvalue weighted by molar-refractivity contribution is 5.81. The highest BCUT2D eigenvalue weighted by Crippen LogP contribution is 2.24. The van der Waals surface area contributed by atoms with E-state index in [1.165, 1.54) is 0 Å². The summed E-state index contributed by atoms with van der Waals surface area (Å²) >= 11 is 0. The molecule has 0 saturated carbocycles. The lowest BCUT2D eigenvalue weighted by molar-refractivity contribution is 0.507. The Morgan fingerprint density at radius 2 is 2.14 bits per heavy atom. The molecule has 0 fully saturated rings. The van der Waals surface area contributed by atoms with Gasteiger partial charge in [-0.3, -0.25) is 4.98 Å². The van der Waals surface area contributed by atoms with Crippen LogP contribution in [0.1, 0.15) is 25.6 Å². The first-order valence-corrected chi connectivity index (χ1v) is 4.87. The molecule has 0 spiro atoms. The van der Waals surface area contributed by atoms with Gasteiger partial charge >= 0.3 is 0 Å². The molecule has 0 aliphatic rings. The Kier molecular flexibility index (Phi) is 2.25. The van der Waals surface area contributed by atoms with Crippen LogP contribution >= 0.6 is 0 Å². The Morgan fingerprint density at radius 3 is 2.86 bits per heavy atom. The summed E-state index contributed by atoms with van der Waals surface area (Å²) in [5.74, 6) is 0.406. The van der Waals surface area contributed by atoms with Gasteiger partial charge in [0.05, 0.1) is 5.69 Å². The van der Waals surface area contributed by atoms with Crippen LogP contribution in [0, 0.1) is 5.92 Å². The van der Waals surface area contributed by atoms with E-state index >= 15 is 0 Å². The van der Waals surface area contributed by atoms with E-state index in [9.17, 15) is 0 Å². The van der Waals surface area contributed by atoms with Crippen molar-refractivity contribution in [1.29, 1.82) is 0 Å². The van der Waals surface area contributed by atoms with Crippen molar-refractivity contribution in [1.82, 2.24) is 9.97 Å². The molecule has 14 heavy (non-hydrogen) atoms. The molecule has 3 N–H and O–H groups in total. The van der Waals surface area contributed by atoms with Crippen molar-refractivity contribution in [2.75, 3.05) is 0 Å². The van der Waals surface area contributed by atoms with E-state index < -0.39 is 0 Å². The molecular formula is C11H15N3. The van der Waals surface area contributed by atoms with Gasteiger partial charge in [0.2, 0.25) is 0 Å². The number of pyridine rings is 1. The molecule has 0 bridgehead atoms. The molecule has 2 aromatic heterocycles. The third-order valence-electron chi connectivity index (χ3n) is 2.54. The van der Waals surface area contributed by atoms with E-state index in [2.05, 4.69) is 23.8 Å². The first kappa shape index (κ1) is 9.21. The Bertz CT molecular complexity index is 431. The molecule has 0 aromatic carbocycles. The normalized spacial score (nSPS) is 13.7. The Hall–Kier alpha value is -1.35. The van der Waals surface area contributed by atoms with E-state index in [4.69, 9.17) is 5.73 Å². The monoisotopic (exact) mass is 189 g/mol. The predicted molar refractivity (Wildman–Crippen MR) is 57.9 cm³/mol. The summed E-state index contributed by atoms with van der Waals surface area (Å²) in [5.41, 5.74) is 8.17. The molecule has 0 amide bonds. The Morgan fingerprint density at radius 1 is 1.36 bits per heavy atom. The topological polar surface area (TPSA) is 54.7 Å². The lowest BCUT2D eigenvalue weighted by Crippen LogP contribution is -2.18. The van der Waals surface area contributed by atoms with Gasteiger partial charge in [0.25, 0.3) is 0 Å². The summed E-state index contributed by atoms with van der Waals surface area (Å²) in [5, 5.41) is 1.13. The number of hydrogen-bond donors (Lipinski definition) is 2. The van der Waals surface area contributed by atoms with Gasteiger partial charge in [0.15, 0.2) is 0 Å². The molecule has 1 unspecified atom stereocenters. The smallest absolute Gasteiger partial charge is 0.0667 e. The quantitative estimate of drug-likeness (QED) is 0.761. The summed E-state index contributed by atoms with van der Waals surface area (Å²) in [6, 6.07) is 4.00. The van der Waals surface area contributed by atoms with Crippen LogP contribution < -0.4 is 5.73 Å². The van der Waals surface area contributed by atoms with Crippen LogP contribution in [-0.2, 0) is 0 Å². The maximum absolute atomic E-state index is 6.09. The molecule has 1 atom stereocenters. The molecule has 3 heteroatoms. The van der Waals surface area contributed by atoms with E-state index in [-0.39, 0.29) is 6.04 Å². The van der Waals surface area contributed by atoms with Crippen molar-refractivity contribution in [2.45, 2.75) is 19.9 Å². The third-order valence-corrected chi connectivity index (χ3v) is 2.54. The first-order chi connectivity index (χ1) is 6.70. The second-order valence-corrected chi connectivity index (χ2v) is 3.90. The van der Waals surface area contributed by atoms with E-state index in [1.54, 1.807) is 6.20 Å². The molecule has 0 saturated heterocycles. The average molecular weight is 189 g/mol. The highest BCUT2D eigenvalue weighted by atomic mass is 14.8. The number of rotatable bonds is 2. The molecular weight excluding hydrogens is 174 g/mol. The summed E-state index contributed by atoms with van der Waals surface area (Å²) in [6.45, 7) is 4.22. The van der Waals surface area contributed by atoms with Gasteiger partial charge < -0.3 is 10.7 Å². The van der Waals surface area contributed by atoms with Gasteiger partial charge in [-0.05, 0) is 18.1 Å². The summed E-state index contributed by atoms with van der Waals surface area (Å²) in [4.78, 5) is 7.51. The second kappa shape index (κ2) is 3.42. The number of nitrogens with one attached hydrogen (secondary N) is 1. The van der Waals surface area contributed by atoms with Crippen molar-refractivity contribution in [2.24, 2.45) is 11.7 Å². The lowest BCUT2D eigenvalue weighted by atomic mass is 9.99. The maximum Gasteiger partial charge on any atom is 0.0667 e. The second-order valence-electron chi connectivity index (χ2n) is 3.90. The minimum absolute atomic E-state index is 0.00880. The van der Waals surface area contributed by atoms with Gasteiger partial charge in [-0.2, -0.15) is 0 Å². The van der Waals surface area contributed by atoms with Gasteiger partial charge in [-0.15, -0.1) is 0 Å². The largest absolute Gasteiger partial charge is 0.361 e. The Labute approximate surface area is 83.3 Å². The number of nitrogens with zero attached hydrogens (tertiary/aromatic N) is 1. The molecule has 0 radical (unpaired) electrons. The molecule has 0 aliphatic heterocycles. The number of aromatic amines is 1. The molecule has 3 nitrogen and oxygen atoms in total. The standard InChI is InChI=1S/C11H15N3/c1-7(2)10(12)11-8-3-5-13-9(8)4-6-14-11/h3-7,10,13H,12H2,1-2H3. The number of nitrogens with two attached hydrogens (primary N) is 1. The SMILES string of the molecule is CC(C)C(N)c1nccc2[nH]ccc12. The molecule has 2 rings (SSSR count). The lowest BCUT2D eigenvalue weighted by Gasteiger charge is -2.15. The van der Waals surface area contributed by atoms with Crippen molar-refractivity contribution in [3.05, 3.63) is 30.2 Å². The van der Waals surface area contributed by atoms with Crippen molar-refractivity contribution in [3.8, 4) is 0 Å². The number of aromatic nitrogens is 2. The van der Waals surface area contributed by atoms with Crippen LogP contribution in [0.5, 0.6) is 0 Å². The highest BCUT2D eigenvalue weighted by Gasteiger charge is 2.14. The predicted octanol–water partition coefficient (Wildman–Crippen LogP) is 2.22.